The van der Waals surface area contributed by atoms with Crippen LogP contribution in [0.15, 0.2) is 42.5 Å². The van der Waals surface area contributed by atoms with E-state index in [1.807, 2.05) is 0 Å². The topological polar surface area (TPSA) is 86.7 Å². The summed E-state index contributed by atoms with van der Waals surface area (Å²) in [5.41, 5.74) is 4.29. The summed E-state index contributed by atoms with van der Waals surface area (Å²) in [6.45, 7) is 3.86. The Kier molecular flexibility index (Phi) is 11.0. The van der Waals surface area contributed by atoms with Gasteiger partial charge in [-0.25, -0.2) is 0 Å². The number of alkyl halides is 3. The Bertz CT molecular complexity index is 852. The Morgan fingerprint density at radius 3 is 2.03 bits per heavy atom. The van der Waals surface area contributed by atoms with E-state index in [0.29, 0.717) is 70.5 Å². The summed E-state index contributed by atoms with van der Waals surface area (Å²) in [6, 6.07) is 11.9. The van der Waals surface area contributed by atoms with Crippen molar-refractivity contribution < 1.29 is 32.1 Å². The van der Waals surface area contributed by atoms with Gasteiger partial charge in [-0.05, 0) is 29.3 Å². The molecular formula is C23H27F3N2O4. The second kappa shape index (κ2) is 13.7. The lowest BCUT2D eigenvalue weighted by molar-refractivity contribution is -0.137. The van der Waals surface area contributed by atoms with Crippen molar-refractivity contribution in [3.63, 3.8) is 0 Å². The van der Waals surface area contributed by atoms with Gasteiger partial charge in [0.1, 0.15) is 5.75 Å². The molecule has 6 nitrogen and oxygen atoms in total. The Morgan fingerprint density at radius 1 is 0.812 bits per heavy atom. The molecule has 0 saturated carbocycles. The molecule has 0 aliphatic rings. The SMILES string of the molecule is N#Cc1cccc(-c2ccc(OCCCOCCOCCOCCN)cc2)c1C(F)(F)F. The number of nitriles is 1. The molecule has 0 atom stereocenters. The molecule has 0 aliphatic carbocycles. The summed E-state index contributed by atoms with van der Waals surface area (Å²) in [5.74, 6) is 0.541. The number of hydrogen-bond donors (Lipinski definition) is 1. The van der Waals surface area contributed by atoms with Crippen LogP contribution >= 0.6 is 0 Å². The second-order valence-electron chi connectivity index (χ2n) is 6.69. The lowest BCUT2D eigenvalue weighted by Crippen LogP contribution is -2.14. The summed E-state index contributed by atoms with van der Waals surface area (Å²) in [7, 11) is 0. The first-order valence-electron chi connectivity index (χ1n) is 10.2. The van der Waals surface area contributed by atoms with E-state index >= 15 is 0 Å². The minimum Gasteiger partial charge on any atom is -0.494 e. The Morgan fingerprint density at radius 2 is 1.44 bits per heavy atom. The third kappa shape index (κ3) is 8.48. The average Bonchev–Trinajstić information content (AvgIpc) is 2.79. The van der Waals surface area contributed by atoms with Gasteiger partial charge in [-0.3, -0.25) is 0 Å². The third-order valence-electron chi connectivity index (χ3n) is 4.34. The standard InChI is InChI=1S/C23H27F3N2O4/c24-23(25,26)22-19(17-28)3-1-4-21(22)18-5-7-20(8-6-18)32-11-2-10-29-13-15-31-16-14-30-12-9-27/h1,3-8H,2,9-16,27H2. The highest BCUT2D eigenvalue weighted by atomic mass is 19.4. The first kappa shape index (κ1) is 25.6. The summed E-state index contributed by atoms with van der Waals surface area (Å²) >= 11 is 0. The van der Waals surface area contributed by atoms with Gasteiger partial charge in [-0.2, -0.15) is 18.4 Å². The molecule has 0 heterocycles. The van der Waals surface area contributed by atoms with Crippen molar-refractivity contribution in [1.82, 2.24) is 0 Å². The molecule has 0 unspecified atom stereocenters. The zero-order valence-electron chi connectivity index (χ0n) is 17.7. The lowest BCUT2D eigenvalue weighted by atomic mass is 9.95. The van der Waals surface area contributed by atoms with Gasteiger partial charge in [0, 0.05) is 19.6 Å². The van der Waals surface area contributed by atoms with Gasteiger partial charge in [-0.15, -0.1) is 0 Å². The zero-order chi connectivity index (χ0) is 23.2. The van der Waals surface area contributed by atoms with Gasteiger partial charge >= 0.3 is 6.18 Å². The molecule has 0 saturated heterocycles. The molecule has 2 rings (SSSR count). The van der Waals surface area contributed by atoms with Gasteiger partial charge in [0.15, 0.2) is 0 Å². The lowest BCUT2D eigenvalue weighted by Gasteiger charge is -2.15. The fraction of sp³-hybridized carbons (Fsp3) is 0.435. The monoisotopic (exact) mass is 452 g/mol. The Labute approximate surface area is 185 Å². The number of nitrogens with zero attached hydrogens (tertiary/aromatic N) is 1. The number of halogens is 3. The quantitative estimate of drug-likeness (QED) is 0.436. The molecule has 0 fully saturated rings. The maximum atomic E-state index is 13.5. The molecule has 2 aromatic rings. The third-order valence-corrected chi connectivity index (χ3v) is 4.34. The smallest absolute Gasteiger partial charge is 0.418 e. The first-order valence-corrected chi connectivity index (χ1v) is 10.2. The minimum atomic E-state index is -4.62. The van der Waals surface area contributed by atoms with E-state index in [-0.39, 0.29) is 5.56 Å². The molecule has 2 N–H and O–H groups in total. The Balaban J connectivity index is 1.73. The summed E-state index contributed by atoms with van der Waals surface area (Å²) < 4.78 is 61.9. The highest BCUT2D eigenvalue weighted by molar-refractivity contribution is 5.71. The van der Waals surface area contributed by atoms with E-state index in [9.17, 15) is 13.2 Å². The molecule has 32 heavy (non-hydrogen) atoms. The summed E-state index contributed by atoms with van der Waals surface area (Å²) in [5, 5.41) is 9.04. The van der Waals surface area contributed by atoms with Crippen molar-refractivity contribution in [2.45, 2.75) is 12.6 Å². The maximum Gasteiger partial charge on any atom is 0.418 e. The van der Waals surface area contributed by atoms with Gasteiger partial charge in [-0.1, -0.05) is 24.3 Å². The molecule has 0 aromatic heterocycles. The van der Waals surface area contributed by atoms with E-state index in [1.54, 1.807) is 30.3 Å². The van der Waals surface area contributed by atoms with Gasteiger partial charge < -0.3 is 24.7 Å². The van der Waals surface area contributed by atoms with Crippen molar-refractivity contribution in [2.75, 3.05) is 52.8 Å². The van der Waals surface area contributed by atoms with E-state index in [2.05, 4.69) is 0 Å². The molecule has 0 spiro atoms. The van der Waals surface area contributed by atoms with Crippen LogP contribution in [0.2, 0.25) is 0 Å². The molecule has 0 bridgehead atoms. The normalized spacial score (nSPS) is 11.3. The predicted molar refractivity (Wildman–Crippen MR) is 113 cm³/mol. The molecule has 2 aromatic carbocycles. The van der Waals surface area contributed by atoms with Crippen LogP contribution in [-0.4, -0.2) is 52.8 Å². The number of benzene rings is 2. The van der Waals surface area contributed by atoms with Crippen LogP contribution in [-0.2, 0) is 20.4 Å². The largest absolute Gasteiger partial charge is 0.494 e. The van der Waals surface area contributed by atoms with E-state index in [1.165, 1.54) is 12.1 Å². The fourth-order valence-electron chi connectivity index (χ4n) is 2.90. The van der Waals surface area contributed by atoms with Crippen LogP contribution < -0.4 is 10.5 Å². The number of nitrogens with two attached hydrogens (primary N) is 1. The van der Waals surface area contributed by atoms with Crippen LogP contribution in [0.3, 0.4) is 0 Å². The van der Waals surface area contributed by atoms with Crippen LogP contribution in [0.4, 0.5) is 13.2 Å². The van der Waals surface area contributed by atoms with Crippen molar-refractivity contribution in [3.8, 4) is 22.9 Å². The van der Waals surface area contributed by atoms with Crippen molar-refractivity contribution in [2.24, 2.45) is 5.73 Å². The molecular weight excluding hydrogens is 425 g/mol. The minimum absolute atomic E-state index is 0.0374. The maximum absolute atomic E-state index is 13.5. The zero-order valence-corrected chi connectivity index (χ0v) is 17.7. The number of ether oxygens (including phenoxy) is 4. The summed E-state index contributed by atoms with van der Waals surface area (Å²) in [4.78, 5) is 0. The van der Waals surface area contributed by atoms with Crippen LogP contribution in [0.25, 0.3) is 11.1 Å². The van der Waals surface area contributed by atoms with Crippen molar-refractivity contribution >= 4 is 0 Å². The Hall–Kier alpha value is -2.64. The predicted octanol–water partition coefficient (Wildman–Crippen LogP) is 4.02. The first-order chi connectivity index (χ1) is 15.5. The van der Waals surface area contributed by atoms with Crippen LogP contribution in [0.1, 0.15) is 17.5 Å². The molecule has 0 amide bonds. The summed E-state index contributed by atoms with van der Waals surface area (Å²) in [6.07, 6.45) is -3.97. The van der Waals surface area contributed by atoms with E-state index in [0.717, 1.165) is 6.07 Å². The average molecular weight is 452 g/mol. The van der Waals surface area contributed by atoms with Gasteiger partial charge in [0.2, 0.25) is 0 Å². The number of hydrogen-bond acceptors (Lipinski definition) is 6. The van der Waals surface area contributed by atoms with Crippen molar-refractivity contribution in [3.05, 3.63) is 53.6 Å². The number of rotatable bonds is 14. The highest BCUT2D eigenvalue weighted by Gasteiger charge is 2.36. The van der Waals surface area contributed by atoms with Gasteiger partial charge in [0.05, 0.1) is 56.8 Å². The highest BCUT2D eigenvalue weighted by Crippen LogP contribution is 2.39. The van der Waals surface area contributed by atoms with E-state index in [4.69, 9.17) is 29.9 Å². The van der Waals surface area contributed by atoms with Crippen LogP contribution in [0, 0.1) is 11.3 Å². The van der Waals surface area contributed by atoms with Crippen LogP contribution in [0.5, 0.6) is 5.75 Å². The molecule has 174 valence electrons. The second-order valence-corrected chi connectivity index (χ2v) is 6.69. The van der Waals surface area contributed by atoms with E-state index < -0.39 is 17.3 Å². The molecule has 0 aliphatic heterocycles. The fourth-order valence-corrected chi connectivity index (χ4v) is 2.90. The van der Waals surface area contributed by atoms with Crippen molar-refractivity contribution in [1.29, 1.82) is 5.26 Å². The van der Waals surface area contributed by atoms with Gasteiger partial charge in [0.25, 0.3) is 0 Å². The molecule has 9 heteroatoms. The molecule has 0 radical (unpaired) electrons.